The topological polar surface area (TPSA) is 72.7 Å². The molecule has 1 unspecified atom stereocenters. The van der Waals surface area contributed by atoms with Gasteiger partial charge >= 0.3 is 0 Å². The summed E-state index contributed by atoms with van der Waals surface area (Å²) in [7, 11) is 3.35. The molecule has 1 N–H and O–H groups in total. The number of thiocarbonyl (C=S) groups is 1. The summed E-state index contributed by atoms with van der Waals surface area (Å²) >= 11 is 5.72. The molecule has 0 saturated carbocycles. The quantitative estimate of drug-likeness (QED) is 0.399. The number of nitrogens with zero attached hydrogens (tertiary/aromatic N) is 3. The number of hydrogen-bond donors (Lipinski definition) is 1. The van der Waals surface area contributed by atoms with Crippen LogP contribution in [0, 0.1) is 0 Å². The van der Waals surface area contributed by atoms with Gasteiger partial charge in [-0.05, 0) is 43.3 Å². The van der Waals surface area contributed by atoms with Crippen LogP contribution >= 0.6 is 12.2 Å². The maximum absolute atomic E-state index is 5.76. The van der Waals surface area contributed by atoms with E-state index in [-0.39, 0.29) is 6.04 Å². The molecule has 0 aliphatic carbocycles. The van der Waals surface area contributed by atoms with Crippen LogP contribution < -0.4 is 10.1 Å². The number of aromatic nitrogens is 2. The van der Waals surface area contributed by atoms with Gasteiger partial charge < -0.3 is 24.2 Å². The molecule has 166 valence electrons. The van der Waals surface area contributed by atoms with Gasteiger partial charge in [0.05, 0.1) is 18.7 Å². The van der Waals surface area contributed by atoms with Crippen LogP contribution in [0.15, 0.2) is 64.8 Å². The van der Waals surface area contributed by atoms with E-state index in [9.17, 15) is 0 Å². The predicted molar refractivity (Wildman–Crippen MR) is 127 cm³/mol. The third-order valence-corrected chi connectivity index (χ3v) is 5.78. The van der Waals surface area contributed by atoms with Gasteiger partial charge in [0, 0.05) is 31.5 Å². The second-order valence-electron chi connectivity index (χ2n) is 7.45. The first-order valence-corrected chi connectivity index (χ1v) is 10.8. The summed E-state index contributed by atoms with van der Waals surface area (Å²) in [6.45, 7) is 3.41. The normalized spacial score (nSPS) is 16.3. The van der Waals surface area contributed by atoms with Crippen molar-refractivity contribution in [2.24, 2.45) is 0 Å². The molecule has 1 aliphatic rings. The molecule has 4 rings (SSSR count). The smallest absolute Gasteiger partial charge is 0.258 e. The van der Waals surface area contributed by atoms with Crippen molar-refractivity contribution in [3.63, 3.8) is 0 Å². The first kappa shape index (κ1) is 22.0. The summed E-state index contributed by atoms with van der Waals surface area (Å²) < 4.78 is 16.4. The van der Waals surface area contributed by atoms with Gasteiger partial charge in [0.1, 0.15) is 5.75 Å². The van der Waals surface area contributed by atoms with E-state index in [1.54, 1.807) is 14.2 Å². The fourth-order valence-corrected chi connectivity index (χ4v) is 4.15. The average molecular weight is 451 g/mol. The Hall–Kier alpha value is -3.23. The molecule has 7 nitrogen and oxygen atoms in total. The van der Waals surface area contributed by atoms with Gasteiger partial charge in [-0.2, -0.15) is 4.98 Å². The number of benzene rings is 2. The molecule has 3 aromatic rings. The predicted octanol–water partition coefficient (Wildman–Crippen LogP) is 4.44. The zero-order valence-electron chi connectivity index (χ0n) is 18.4. The van der Waals surface area contributed by atoms with Crippen molar-refractivity contribution in [3.8, 4) is 17.1 Å². The standard InChI is InChI=1S/C24H26N4O3S/c1-16-20(23-26-22(27-31-23)17-9-5-4-6-10-17)21(18-11-7-12-19(15-18)30-3)25-24(32)28(16)13-8-14-29-2/h4-7,9-12,15,21H,8,13-14H2,1-3H3,(H,25,32). The fourth-order valence-electron chi connectivity index (χ4n) is 3.80. The number of hydrogen-bond acceptors (Lipinski definition) is 6. The Kier molecular flexibility index (Phi) is 6.82. The third kappa shape index (κ3) is 4.51. The average Bonchev–Trinajstić information content (AvgIpc) is 3.31. The van der Waals surface area contributed by atoms with Crippen molar-refractivity contribution in [2.75, 3.05) is 27.4 Å². The minimum Gasteiger partial charge on any atom is -0.497 e. The SMILES string of the molecule is COCCCN1C(=S)NC(c2cccc(OC)c2)C(c2nc(-c3ccccc3)no2)=C1C. The number of ether oxygens (including phenoxy) is 2. The highest BCUT2D eigenvalue weighted by molar-refractivity contribution is 7.80. The van der Waals surface area contributed by atoms with Gasteiger partial charge in [-0.15, -0.1) is 0 Å². The van der Waals surface area contributed by atoms with Gasteiger partial charge in [0.2, 0.25) is 5.82 Å². The lowest BCUT2D eigenvalue weighted by atomic mass is 9.94. The van der Waals surface area contributed by atoms with Gasteiger partial charge in [0.15, 0.2) is 5.11 Å². The molecule has 1 aromatic heterocycles. The lowest BCUT2D eigenvalue weighted by Gasteiger charge is -2.37. The van der Waals surface area contributed by atoms with Crippen LogP contribution in [0.25, 0.3) is 17.0 Å². The Labute approximate surface area is 193 Å². The highest BCUT2D eigenvalue weighted by atomic mass is 32.1. The summed E-state index contributed by atoms with van der Waals surface area (Å²) in [6, 6.07) is 17.4. The molecule has 0 amide bonds. The second kappa shape index (κ2) is 9.93. The number of rotatable bonds is 8. The van der Waals surface area contributed by atoms with Crippen LogP contribution in [-0.4, -0.2) is 47.5 Å². The van der Waals surface area contributed by atoms with E-state index in [1.807, 2.05) is 61.5 Å². The molecule has 0 saturated heterocycles. The molecule has 0 fully saturated rings. The second-order valence-corrected chi connectivity index (χ2v) is 7.83. The molecule has 2 heterocycles. The van der Waals surface area contributed by atoms with E-state index in [4.69, 9.17) is 31.2 Å². The van der Waals surface area contributed by atoms with Crippen molar-refractivity contribution < 1.29 is 14.0 Å². The van der Waals surface area contributed by atoms with Crippen LogP contribution in [0.3, 0.4) is 0 Å². The molecular weight excluding hydrogens is 424 g/mol. The van der Waals surface area contributed by atoms with Crippen LogP contribution in [0.1, 0.15) is 30.8 Å². The summed E-state index contributed by atoms with van der Waals surface area (Å²) in [5.74, 6) is 1.77. The zero-order chi connectivity index (χ0) is 22.5. The minimum absolute atomic E-state index is 0.250. The monoisotopic (exact) mass is 450 g/mol. The Morgan fingerprint density at radius 1 is 1.12 bits per heavy atom. The first-order valence-electron chi connectivity index (χ1n) is 10.4. The Bertz CT molecular complexity index is 1110. The lowest BCUT2D eigenvalue weighted by Crippen LogP contribution is -2.46. The lowest BCUT2D eigenvalue weighted by molar-refractivity contribution is 0.188. The van der Waals surface area contributed by atoms with Crippen LogP contribution in [0.2, 0.25) is 0 Å². The van der Waals surface area contributed by atoms with Crippen molar-refractivity contribution in [3.05, 3.63) is 71.7 Å². The number of allylic oxidation sites excluding steroid dienone is 1. The number of methoxy groups -OCH3 is 2. The van der Waals surface area contributed by atoms with Crippen LogP contribution in [-0.2, 0) is 4.74 Å². The van der Waals surface area contributed by atoms with E-state index < -0.39 is 0 Å². The largest absolute Gasteiger partial charge is 0.497 e. The van der Waals surface area contributed by atoms with Gasteiger partial charge in [-0.1, -0.05) is 47.6 Å². The van der Waals surface area contributed by atoms with Crippen molar-refractivity contribution in [1.82, 2.24) is 20.4 Å². The van der Waals surface area contributed by atoms with Gasteiger partial charge in [-0.25, -0.2) is 0 Å². The number of nitrogens with one attached hydrogen (secondary N) is 1. The summed E-state index contributed by atoms with van der Waals surface area (Å²) in [5.41, 5.74) is 3.76. The molecule has 2 aromatic carbocycles. The van der Waals surface area contributed by atoms with Crippen LogP contribution in [0.4, 0.5) is 0 Å². The zero-order valence-corrected chi connectivity index (χ0v) is 19.2. The van der Waals surface area contributed by atoms with E-state index in [0.29, 0.717) is 23.4 Å². The minimum atomic E-state index is -0.250. The molecule has 1 atom stereocenters. The highest BCUT2D eigenvalue weighted by Gasteiger charge is 2.34. The third-order valence-electron chi connectivity index (χ3n) is 5.44. The maximum atomic E-state index is 5.76. The Morgan fingerprint density at radius 3 is 2.69 bits per heavy atom. The summed E-state index contributed by atoms with van der Waals surface area (Å²) in [4.78, 5) is 6.79. The van der Waals surface area contributed by atoms with E-state index in [1.165, 1.54) is 0 Å². The molecule has 0 bridgehead atoms. The summed E-state index contributed by atoms with van der Waals surface area (Å²) in [5, 5.41) is 8.35. The molecule has 1 aliphatic heterocycles. The van der Waals surface area contributed by atoms with E-state index >= 15 is 0 Å². The van der Waals surface area contributed by atoms with Crippen molar-refractivity contribution in [2.45, 2.75) is 19.4 Å². The molecule has 32 heavy (non-hydrogen) atoms. The van der Waals surface area contributed by atoms with Crippen molar-refractivity contribution >= 4 is 22.9 Å². The van der Waals surface area contributed by atoms with Crippen molar-refractivity contribution in [1.29, 1.82) is 0 Å². The molecule has 8 heteroatoms. The van der Waals surface area contributed by atoms with Gasteiger partial charge in [0.25, 0.3) is 5.89 Å². The van der Waals surface area contributed by atoms with Crippen LogP contribution in [0.5, 0.6) is 5.75 Å². The Balaban J connectivity index is 1.78. The van der Waals surface area contributed by atoms with E-state index in [2.05, 4.69) is 15.4 Å². The maximum Gasteiger partial charge on any atom is 0.258 e. The molecular formula is C24H26N4O3S. The highest BCUT2D eigenvalue weighted by Crippen LogP contribution is 2.38. The van der Waals surface area contributed by atoms with E-state index in [0.717, 1.165) is 41.1 Å². The summed E-state index contributed by atoms with van der Waals surface area (Å²) in [6.07, 6.45) is 0.839. The molecule has 0 spiro atoms. The Morgan fingerprint density at radius 2 is 1.94 bits per heavy atom. The fraction of sp³-hybridized carbons (Fsp3) is 0.292. The van der Waals surface area contributed by atoms with Gasteiger partial charge in [-0.3, -0.25) is 0 Å². The first-order chi connectivity index (χ1) is 15.6. The molecule has 0 radical (unpaired) electrons.